The van der Waals surface area contributed by atoms with Gasteiger partial charge in [0, 0.05) is 6.54 Å². The van der Waals surface area contributed by atoms with Crippen LogP contribution in [0.15, 0.2) is 12.1 Å². The van der Waals surface area contributed by atoms with E-state index in [2.05, 4.69) is 20.3 Å². The van der Waals surface area contributed by atoms with Crippen molar-refractivity contribution in [2.24, 2.45) is 0 Å². The van der Waals surface area contributed by atoms with Crippen LogP contribution >= 0.6 is 0 Å². The highest BCUT2D eigenvalue weighted by molar-refractivity contribution is 5.34. The van der Waals surface area contributed by atoms with Crippen molar-refractivity contribution in [3.63, 3.8) is 0 Å². The molecule has 0 spiro atoms. The van der Waals surface area contributed by atoms with Gasteiger partial charge in [-0.1, -0.05) is 0 Å². The van der Waals surface area contributed by atoms with Crippen LogP contribution in [0.1, 0.15) is 5.69 Å². The molecule has 0 aromatic carbocycles. The maximum atomic E-state index is 11.7. The maximum Gasteiger partial charge on any atom is 0.411 e. The van der Waals surface area contributed by atoms with Gasteiger partial charge in [0.25, 0.3) is 0 Å². The van der Waals surface area contributed by atoms with E-state index >= 15 is 0 Å². The lowest BCUT2D eigenvalue weighted by Crippen LogP contribution is -2.20. The Labute approximate surface area is 95.2 Å². The normalized spacial score (nSPS) is 10.9. The van der Waals surface area contributed by atoms with Crippen molar-refractivity contribution in [3.05, 3.63) is 17.8 Å². The molecule has 0 fully saturated rings. The summed E-state index contributed by atoms with van der Waals surface area (Å²) < 4.78 is 39.4. The summed E-state index contributed by atoms with van der Waals surface area (Å²) in [5.74, 6) is 0.375. The Morgan fingerprint density at radius 2 is 2.12 bits per heavy atom. The van der Waals surface area contributed by atoms with Crippen molar-refractivity contribution in [1.29, 1.82) is 5.26 Å². The molecule has 92 valence electrons. The lowest BCUT2D eigenvalue weighted by molar-refractivity contribution is -0.172. The van der Waals surface area contributed by atoms with E-state index in [1.165, 1.54) is 12.1 Å². The fourth-order valence-electron chi connectivity index (χ4n) is 0.925. The molecule has 0 aliphatic rings. The number of nitrogens with one attached hydrogen (secondary N) is 1. The fourth-order valence-corrected chi connectivity index (χ4v) is 0.925. The van der Waals surface area contributed by atoms with Crippen molar-refractivity contribution in [3.8, 4) is 6.07 Å². The molecule has 0 aliphatic heterocycles. The van der Waals surface area contributed by atoms with E-state index in [9.17, 15) is 13.2 Å². The number of rotatable bonds is 5. The standard InChI is InChI=1S/C9H9F3N4O/c10-9(11,12)6-17-4-3-14-8-2-1-7(5-13)15-16-8/h1-2H,3-4,6H2,(H,14,16). The van der Waals surface area contributed by atoms with Crippen LogP contribution in [0, 0.1) is 11.3 Å². The number of halogens is 3. The molecule has 1 heterocycles. The Morgan fingerprint density at radius 3 is 2.65 bits per heavy atom. The largest absolute Gasteiger partial charge is 0.411 e. The highest BCUT2D eigenvalue weighted by Crippen LogP contribution is 2.14. The van der Waals surface area contributed by atoms with E-state index in [1.807, 2.05) is 0 Å². The first-order valence-electron chi connectivity index (χ1n) is 4.63. The van der Waals surface area contributed by atoms with Gasteiger partial charge in [-0.3, -0.25) is 0 Å². The summed E-state index contributed by atoms with van der Waals surface area (Å²) in [6.45, 7) is -1.19. The molecule has 0 atom stereocenters. The Kier molecular flexibility index (Phi) is 4.66. The summed E-state index contributed by atoms with van der Waals surface area (Å²) >= 11 is 0. The minimum Gasteiger partial charge on any atom is -0.370 e. The Hall–Kier alpha value is -1.88. The zero-order valence-electron chi connectivity index (χ0n) is 8.66. The van der Waals surface area contributed by atoms with Crippen LogP contribution in [0.5, 0.6) is 0 Å². The second-order valence-electron chi connectivity index (χ2n) is 3.01. The topological polar surface area (TPSA) is 70.8 Å². The number of nitriles is 1. The number of nitrogens with zero attached hydrogens (tertiary/aromatic N) is 3. The number of ether oxygens (including phenoxy) is 1. The van der Waals surface area contributed by atoms with E-state index in [0.717, 1.165) is 0 Å². The summed E-state index contributed by atoms with van der Waals surface area (Å²) in [4.78, 5) is 0. The van der Waals surface area contributed by atoms with Crippen LogP contribution in [0.25, 0.3) is 0 Å². The van der Waals surface area contributed by atoms with E-state index in [1.54, 1.807) is 6.07 Å². The SMILES string of the molecule is N#Cc1ccc(NCCOCC(F)(F)F)nn1. The van der Waals surface area contributed by atoms with Gasteiger partial charge in [-0.05, 0) is 12.1 Å². The molecule has 1 rings (SSSR count). The molecule has 0 saturated heterocycles. The van der Waals surface area contributed by atoms with Gasteiger partial charge in [-0.15, -0.1) is 10.2 Å². The zero-order chi connectivity index (χ0) is 12.7. The summed E-state index contributed by atoms with van der Waals surface area (Å²) in [5, 5.41) is 18.3. The number of alkyl halides is 3. The summed E-state index contributed by atoms with van der Waals surface area (Å²) in [6.07, 6.45) is -4.31. The van der Waals surface area contributed by atoms with Crippen molar-refractivity contribution in [2.45, 2.75) is 6.18 Å². The van der Waals surface area contributed by atoms with Gasteiger partial charge in [0.15, 0.2) is 5.69 Å². The van der Waals surface area contributed by atoms with Crippen molar-refractivity contribution in [2.75, 3.05) is 25.1 Å². The second kappa shape index (κ2) is 6.00. The monoisotopic (exact) mass is 246 g/mol. The molecule has 0 radical (unpaired) electrons. The third-order valence-corrected chi connectivity index (χ3v) is 1.60. The van der Waals surface area contributed by atoms with E-state index in [4.69, 9.17) is 5.26 Å². The van der Waals surface area contributed by atoms with Crippen LogP contribution in [0.3, 0.4) is 0 Å². The Morgan fingerprint density at radius 1 is 1.35 bits per heavy atom. The van der Waals surface area contributed by atoms with Crippen molar-refractivity contribution in [1.82, 2.24) is 10.2 Å². The summed E-state index contributed by atoms with van der Waals surface area (Å²) in [5.41, 5.74) is 0.170. The van der Waals surface area contributed by atoms with E-state index in [0.29, 0.717) is 5.82 Å². The Bertz CT molecular complexity index is 385. The van der Waals surface area contributed by atoms with Gasteiger partial charge < -0.3 is 10.1 Å². The van der Waals surface area contributed by atoms with Crippen molar-refractivity contribution < 1.29 is 17.9 Å². The summed E-state index contributed by atoms with van der Waals surface area (Å²) in [7, 11) is 0. The predicted octanol–water partition coefficient (Wildman–Crippen LogP) is 1.34. The molecule has 1 N–H and O–H groups in total. The smallest absolute Gasteiger partial charge is 0.370 e. The number of anilines is 1. The number of hydrogen-bond donors (Lipinski definition) is 1. The average Bonchev–Trinajstić information content (AvgIpc) is 2.28. The molecule has 8 heteroatoms. The van der Waals surface area contributed by atoms with Crippen LogP contribution in [0.4, 0.5) is 19.0 Å². The first kappa shape index (κ1) is 13.2. The van der Waals surface area contributed by atoms with Crippen molar-refractivity contribution >= 4 is 5.82 Å². The molecule has 1 aromatic rings. The average molecular weight is 246 g/mol. The van der Waals surface area contributed by atoms with E-state index < -0.39 is 12.8 Å². The molecule has 17 heavy (non-hydrogen) atoms. The third kappa shape index (κ3) is 5.67. The number of aromatic nitrogens is 2. The summed E-state index contributed by atoms with van der Waals surface area (Å²) in [6, 6.07) is 4.76. The first-order valence-corrected chi connectivity index (χ1v) is 4.63. The van der Waals surface area contributed by atoms with Gasteiger partial charge in [0.1, 0.15) is 18.5 Å². The highest BCUT2D eigenvalue weighted by atomic mass is 19.4. The quantitative estimate of drug-likeness (QED) is 0.794. The lowest BCUT2D eigenvalue weighted by atomic mass is 10.4. The predicted molar refractivity (Wildman–Crippen MR) is 52.1 cm³/mol. The molecular weight excluding hydrogens is 237 g/mol. The molecular formula is C9H9F3N4O. The molecule has 0 unspecified atom stereocenters. The van der Waals surface area contributed by atoms with Crippen LogP contribution < -0.4 is 5.32 Å². The number of hydrogen-bond acceptors (Lipinski definition) is 5. The molecule has 0 bridgehead atoms. The zero-order valence-corrected chi connectivity index (χ0v) is 8.66. The van der Waals surface area contributed by atoms with Gasteiger partial charge in [-0.2, -0.15) is 18.4 Å². The van der Waals surface area contributed by atoms with Crippen LogP contribution in [-0.4, -0.2) is 36.1 Å². The van der Waals surface area contributed by atoms with Crippen LogP contribution in [0.2, 0.25) is 0 Å². The molecule has 0 saturated carbocycles. The van der Waals surface area contributed by atoms with Gasteiger partial charge in [-0.25, -0.2) is 0 Å². The fraction of sp³-hybridized carbons (Fsp3) is 0.444. The van der Waals surface area contributed by atoms with Gasteiger partial charge >= 0.3 is 6.18 Å². The maximum absolute atomic E-state index is 11.7. The minimum absolute atomic E-state index is 0.0960. The highest BCUT2D eigenvalue weighted by Gasteiger charge is 2.27. The molecule has 5 nitrogen and oxygen atoms in total. The Balaban J connectivity index is 2.20. The van der Waals surface area contributed by atoms with Crippen LogP contribution in [-0.2, 0) is 4.74 Å². The van der Waals surface area contributed by atoms with E-state index in [-0.39, 0.29) is 18.8 Å². The lowest BCUT2D eigenvalue weighted by Gasteiger charge is -2.08. The third-order valence-electron chi connectivity index (χ3n) is 1.60. The van der Waals surface area contributed by atoms with Gasteiger partial charge in [0.05, 0.1) is 6.61 Å². The minimum atomic E-state index is -4.31. The van der Waals surface area contributed by atoms with Gasteiger partial charge in [0.2, 0.25) is 0 Å². The molecule has 0 amide bonds. The first-order chi connectivity index (χ1) is 8.01. The second-order valence-corrected chi connectivity index (χ2v) is 3.01. The molecule has 0 aliphatic carbocycles. The molecule has 1 aromatic heterocycles.